The van der Waals surface area contributed by atoms with Gasteiger partial charge >= 0.3 is 0 Å². The fourth-order valence-electron chi connectivity index (χ4n) is 2.30. The molecular weight excluding hydrogens is 224 g/mol. The van der Waals surface area contributed by atoms with Gasteiger partial charge in [-0.2, -0.15) is 0 Å². The topological polar surface area (TPSA) is 32.3 Å². The molecule has 1 N–H and O–H groups in total. The van der Waals surface area contributed by atoms with Gasteiger partial charge in [-0.15, -0.1) is 0 Å². The molecule has 2 aromatic rings. The van der Waals surface area contributed by atoms with E-state index in [2.05, 4.69) is 17.6 Å². The number of rotatable bonds is 3. The predicted octanol–water partition coefficient (Wildman–Crippen LogP) is 2.45. The van der Waals surface area contributed by atoms with Crippen molar-refractivity contribution in [1.29, 1.82) is 0 Å². The van der Waals surface area contributed by atoms with Crippen LogP contribution in [0.1, 0.15) is 17.2 Å². The molecule has 0 spiro atoms. The quantitative estimate of drug-likeness (QED) is 0.834. The van der Waals surface area contributed by atoms with Gasteiger partial charge in [0.2, 0.25) is 0 Å². The summed E-state index contributed by atoms with van der Waals surface area (Å²) in [5.74, 6) is 0. The molecule has 1 aliphatic rings. The third-order valence-corrected chi connectivity index (χ3v) is 3.18. The van der Waals surface area contributed by atoms with E-state index in [9.17, 15) is 4.79 Å². The largest absolute Gasteiger partial charge is 0.303 e. The van der Waals surface area contributed by atoms with Crippen molar-refractivity contribution in [3.8, 4) is 0 Å². The Morgan fingerprint density at radius 1 is 1.06 bits per heavy atom. The number of carbonyl (C=O) groups is 1. The number of fused-ring (bicyclic) bond motifs is 1. The molecule has 1 atom stereocenters. The van der Waals surface area contributed by atoms with Crippen LogP contribution in [0.5, 0.6) is 0 Å². The number of aldehydes is 1. The lowest BCUT2D eigenvalue weighted by atomic mass is 10.1. The van der Waals surface area contributed by atoms with Gasteiger partial charge in [-0.3, -0.25) is 0 Å². The van der Waals surface area contributed by atoms with Crippen LogP contribution in [0.25, 0.3) is 0 Å². The highest BCUT2D eigenvalue weighted by Gasteiger charge is 2.26. The molecule has 3 heteroatoms. The van der Waals surface area contributed by atoms with E-state index in [1.165, 1.54) is 5.56 Å². The van der Waals surface area contributed by atoms with Crippen LogP contribution in [-0.4, -0.2) is 6.29 Å². The van der Waals surface area contributed by atoms with E-state index in [4.69, 9.17) is 0 Å². The van der Waals surface area contributed by atoms with E-state index in [-0.39, 0.29) is 6.04 Å². The summed E-state index contributed by atoms with van der Waals surface area (Å²) in [5.41, 5.74) is 6.56. The molecular formula is C15H14N2O. The van der Waals surface area contributed by atoms with E-state index < -0.39 is 0 Å². The molecule has 0 saturated heterocycles. The molecule has 1 unspecified atom stereocenters. The van der Waals surface area contributed by atoms with Crippen molar-refractivity contribution >= 4 is 12.0 Å². The molecule has 90 valence electrons. The van der Waals surface area contributed by atoms with Crippen molar-refractivity contribution in [3.63, 3.8) is 0 Å². The molecule has 0 bridgehead atoms. The summed E-state index contributed by atoms with van der Waals surface area (Å²) in [5, 5.41) is 2.03. The first-order valence-corrected chi connectivity index (χ1v) is 6.00. The summed E-state index contributed by atoms with van der Waals surface area (Å²) in [6, 6.07) is 18.0. The Hall–Kier alpha value is -2.13. The summed E-state index contributed by atoms with van der Waals surface area (Å²) in [4.78, 5) is 11.1. The van der Waals surface area contributed by atoms with Crippen LogP contribution in [-0.2, 0) is 11.3 Å². The minimum Gasteiger partial charge on any atom is -0.303 e. The fraction of sp³-hybridized carbons (Fsp3) is 0.133. The first-order chi connectivity index (χ1) is 8.88. The molecule has 0 fully saturated rings. The molecule has 1 aliphatic heterocycles. The molecule has 0 radical (unpaired) electrons. The van der Waals surface area contributed by atoms with Crippen molar-refractivity contribution in [3.05, 3.63) is 65.7 Å². The molecule has 3 nitrogen and oxygen atoms in total. The van der Waals surface area contributed by atoms with Crippen molar-refractivity contribution in [2.75, 3.05) is 5.01 Å². The predicted molar refractivity (Wildman–Crippen MR) is 71.0 cm³/mol. The zero-order valence-electron chi connectivity index (χ0n) is 9.91. The minimum atomic E-state index is -0.232. The molecule has 18 heavy (non-hydrogen) atoms. The van der Waals surface area contributed by atoms with Crippen LogP contribution in [0, 0.1) is 0 Å². The van der Waals surface area contributed by atoms with Gasteiger partial charge < -0.3 is 9.80 Å². The molecule has 3 rings (SSSR count). The van der Waals surface area contributed by atoms with Crippen molar-refractivity contribution in [2.24, 2.45) is 0 Å². The summed E-state index contributed by atoms with van der Waals surface area (Å²) in [6.07, 6.45) is 0.948. The maximum atomic E-state index is 11.1. The lowest BCUT2D eigenvalue weighted by Gasteiger charge is -2.19. The summed E-state index contributed by atoms with van der Waals surface area (Å²) in [6.45, 7) is 0.752. The first-order valence-electron chi connectivity index (χ1n) is 6.00. The van der Waals surface area contributed by atoms with Crippen molar-refractivity contribution in [2.45, 2.75) is 12.6 Å². The second kappa shape index (κ2) is 4.63. The molecule has 0 amide bonds. The summed E-state index contributed by atoms with van der Waals surface area (Å²) < 4.78 is 0. The van der Waals surface area contributed by atoms with Gasteiger partial charge in [0, 0.05) is 5.56 Å². The lowest BCUT2D eigenvalue weighted by molar-refractivity contribution is -0.109. The first kappa shape index (κ1) is 11.0. The highest BCUT2D eigenvalue weighted by atomic mass is 16.1. The maximum absolute atomic E-state index is 11.1. The number of para-hydroxylation sites is 1. The smallest absolute Gasteiger partial charge is 0.143 e. The Morgan fingerprint density at radius 2 is 1.78 bits per heavy atom. The molecule has 0 aliphatic carbocycles. The van der Waals surface area contributed by atoms with Crippen LogP contribution in [0.15, 0.2) is 54.6 Å². The van der Waals surface area contributed by atoms with Crippen LogP contribution >= 0.6 is 0 Å². The maximum Gasteiger partial charge on any atom is 0.143 e. The number of carbonyl (C=O) groups excluding carboxylic acids is 1. The van der Waals surface area contributed by atoms with E-state index in [1.54, 1.807) is 0 Å². The van der Waals surface area contributed by atoms with Gasteiger partial charge in [0.05, 0.1) is 12.2 Å². The normalized spacial score (nSPS) is 17.6. The average molecular weight is 238 g/mol. The van der Waals surface area contributed by atoms with Gasteiger partial charge in [0.15, 0.2) is 0 Å². The Labute approximate surface area is 106 Å². The molecule has 0 aromatic heterocycles. The zero-order chi connectivity index (χ0) is 12.4. The fourth-order valence-corrected chi connectivity index (χ4v) is 2.30. The lowest BCUT2D eigenvalue weighted by Crippen LogP contribution is -2.34. The van der Waals surface area contributed by atoms with Crippen LogP contribution < -0.4 is 10.4 Å². The zero-order valence-corrected chi connectivity index (χ0v) is 9.91. The third kappa shape index (κ3) is 1.89. The van der Waals surface area contributed by atoms with Gasteiger partial charge in [0.1, 0.15) is 12.3 Å². The number of nitrogens with zero attached hydrogens (tertiary/aromatic N) is 1. The minimum absolute atomic E-state index is 0.232. The Bertz CT molecular complexity index is 553. The highest BCUT2D eigenvalue weighted by molar-refractivity contribution is 5.72. The van der Waals surface area contributed by atoms with Gasteiger partial charge in [-0.25, -0.2) is 5.43 Å². The number of nitrogens with one attached hydrogen (secondary N) is 1. The number of hydrazine groups is 1. The molecule has 2 aromatic carbocycles. The summed E-state index contributed by atoms with van der Waals surface area (Å²) in [7, 11) is 0. The number of hydrogen-bond acceptors (Lipinski definition) is 3. The van der Waals surface area contributed by atoms with E-state index in [0.29, 0.717) is 0 Å². The summed E-state index contributed by atoms with van der Waals surface area (Å²) >= 11 is 0. The van der Waals surface area contributed by atoms with Crippen LogP contribution in [0.3, 0.4) is 0 Å². The second-order valence-corrected chi connectivity index (χ2v) is 4.37. The van der Waals surface area contributed by atoms with Crippen LogP contribution in [0.4, 0.5) is 5.69 Å². The third-order valence-electron chi connectivity index (χ3n) is 3.18. The monoisotopic (exact) mass is 238 g/mol. The number of benzene rings is 2. The van der Waals surface area contributed by atoms with Gasteiger partial charge in [-0.05, 0) is 11.6 Å². The number of hydrogen-bond donors (Lipinski definition) is 1. The standard InChI is InChI=1S/C15H14N2O/c18-11-14-13-8-4-5-9-15(13)17(16-14)10-12-6-2-1-3-7-12/h1-9,11,14,16H,10H2. The van der Waals surface area contributed by atoms with Crippen molar-refractivity contribution in [1.82, 2.24) is 5.43 Å². The second-order valence-electron chi connectivity index (χ2n) is 4.37. The Balaban J connectivity index is 1.89. The Morgan fingerprint density at radius 3 is 2.56 bits per heavy atom. The Kier molecular flexibility index (Phi) is 2.82. The molecule has 1 heterocycles. The number of anilines is 1. The SMILES string of the molecule is O=CC1NN(Cc2ccccc2)c2ccccc21. The van der Waals surface area contributed by atoms with E-state index in [0.717, 1.165) is 24.1 Å². The van der Waals surface area contributed by atoms with Gasteiger partial charge in [0.25, 0.3) is 0 Å². The van der Waals surface area contributed by atoms with Crippen molar-refractivity contribution < 1.29 is 4.79 Å². The van der Waals surface area contributed by atoms with E-state index >= 15 is 0 Å². The van der Waals surface area contributed by atoms with Crippen LogP contribution in [0.2, 0.25) is 0 Å². The average Bonchev–Trinajstić information content (AvgIpc) is 2.78. The van der Waals surface area contributed by atoms with Gasteiger partial charge in [-0.1, -0.05) is 48.5 Å². The molecule has 0 saturated carbocycles. The highest BCUT2D eigenvalue weighted by Crippen LogP contribution is 2.32. The van der Waals surface area contributed by atoms with E-state index in [1.807, 2.05) is 47.5 Å².